The van der Waals surface area contributed by atoms with E-state index in [1.54, 1.807) is 0 Å². The summed E-state index contributed by atoms with van der Waals surface area (Å²) in [5.41, 5.74) is 0.110. The van der Waals surface area contributed by atoms with Crippen molar-refractivity contribution in [2.75, 3.05) is 31.6 Å². The maximum atomic E-state index is 12.2. The van der Waals surface area contributed by atoms with Gasteiger partial charge in [0.2, 0.25) is 5.91 Å². The van der Waals surface area contributed by atoms with Crippen molar-refractivity contribution < 1.29 is 13.2 Å². The highest BCUT2D eigenvalue weighted by Gasteiger charge is 2.38. The highest BCUT2D eigenvalue weighted by molar-refractivity contribution is 7.91. The third-order valence-electron chi connectivity index (χ3n) is 4.36. The van der Waals surface area contributed by atoms with E-state index >= 15 is 0 Å². The summed E-state index contributed by atoms with van der Waals surface area (Å²) in [5, 5.41) is 3.29. The van der Waals surface area contributed by atoms with Gasteiger partial charge in [-0.3, -0.25) is 4.79 Å². The van der Waals surface area contributed by atoms with Gasteiger partial charge in [-0.2, -0.15) is 0 Å². The monoisotopic (exact) mass is 274 g/mol. The van der Waals surface area contributed by atoms with Crippen LogP contribution in [0, 0.1) is 5.92 Å². The lowest BCUT2D eigenvalue weighted by molar-refractivity contribution is -0.136. The molecule has 5 nitrogen and oxygen atoms in total. The van der Waals surface area contributed by atoms with Crippen molar-refractivity contribution in [2.45, 2.75) is 31.7 Å². The number of hydrogen-bond donors (Lipinski definition) is 1. The third-order valence-corrected chi connectivity index (χ3v) is 6.13. The van der Waals surface area contributed by atoms with E-state index in [4.69, 9.17) is 0 Å². The number of hydrogen-bond acceptors (Lipinski definition) is 4. The Balaban J connectivity index is 1.93. The quantitative estimate of drug-likeness (QED) is 0.771. The van der Waals surface area contributed by atoms with Crippen LogP contribution in [0.3, 0.4) is 0 Å². The molecule has 0 bridgehead atoms. The van der Waals surface area contributed by atoms with E-state index in [0.717, 1.165) is 25.9 Å². The third kappa shape index (κ3) is 2.85. The van der Waals surface area contributed by atoms with Crippen LogP contribution >= 0.6 is 0 Å². The van der Waals surface area contributed by atoms with Crippen LogP contribution in [0.5, 0.6) is 0 Å². The van der Waals surface area contributed by atoms with Crippen molar-refractivity contribution in [3.05, 3.63) is 0 Å². The second-order valence-corrected chi connectivity index (χ2v) is 7.96. The lowest BCUT2D eigenvalue weighted by Crippen LogP contribution is -2.52. The van der Waals surface area contributed by atoms with Crippen molar-refractivity contribution >= 4 is 15.7 Å². The summed E-state index contributed by atoms with van der Waals surface area (Å²) in [6.07, 6.45) is 2.35. The largest absolute Gasteiger partial charge is 0.342 e. The molecule has 2 rings (SSSR count). The normalized spacial score (nSPS) is 30.3. The summed E-state index contributed by atoms with van der Waals surface area (Å²) in [6, 6.07) is 0. The van der Waals surface area contributed by atoms with Crippen molar-refractivity contribution in [1.82, 2.24) is 10.2 Å². The van der Waals surface area contributed by atoms with Gasteiger partial charge in [0.25, 0.3) is 0 Å². The van der Waals surface area contributed by atoms with Gasteiger partial charge in [-0.1, -0.05) is 0 Å². The lowest BCUT2D eigenvalue weighted by atomic mass is 9.89. The number of nitrogens with one attached hydrogen (secondary N) is 1. The molecule has 0 aliphatic carbocycles. The van der Waals surface area contributed by atoms with E-state index in [1.807, 2.05) is 11.9 Å². The van der Waals surface area contributed by atoms with Crippen LogP contribution in [0.1, 0.15) is 26.2 Å². The number of carbonyl (C=O) groups excluding carboxylic acids is 1. The average Bonchev–Trinajstić information content (AvgIpc) is 2.70. The summed E-state index contributed by atoms with van der Waals surface area (Å²) in [5.74, 6) is -0.0416. The molecule has 6 heteroatoms. The van der Waals surface area contributed by atoms with Crippen molar-refractivity contribution in [3.8, 4) is 0 Å². The van der Waals surface area contributed by atoms with Crippen LogP contribution in [0.2, 0.25) is 0 Å². The Bertz CT molecular complexity index is 425. The summed E-state index contributed by atoms with van der Waals surface area (Å²) < 4.78 is 22.8. The first-order valence-corrected chi connectivity index (χ1v) is 8.35. The predicted octanol–water partition coefficient (Wildman–Crippen LogP) is 0.0216. The summed E-state index contributed by atoms with van der Waals surface area (Å²) in [6.45, 7) is 3.62. The van der Waals surface area contributed by atoms with E-state index in [1.165, 1.54) is 0 Å². The zero-order valence-corrected chi connectivity index (χ0v) is 11.9. The second kappa shape index (κ2) is 4.81. The van der Waals surface area contributed by atoms with Crippen molar-refractivity contribution in [2.24, 2.45) is 5.92 Å². The molecule has 18 heavy (non-hydrogen) atoms. The summed E-state index contributed by atoms with van der Waals surface area (Å²) in [4.78, 5) is 14.1. The van der Waals surface area contributed by atoms with Gasteiger partial charge >= 0.3 is 0 Å². The molecule has 1 unspecified atom stereocenters. The molecule has 0 aromatic heterocycles. The number of carbonyl (C=O) groups is 1. The van der Waals surface area contributed by atoms with Gasteiger partial charge in [0.15, 0.2) is 9.84 Å². The molecule has 0 radical (unpaired) electrons. The molecule has 2 aliphatic rings. The second-order valence-electron chi connectivity index (χ2n) is 5.74. The molecule has 2 heterocycles. The van der Waals surface area contributed by atoms with Gasteiger partial charge in [0.05, 0.1) is 17.4 Å². The number of nitrogens with zero attached hydrogens (tertiary/aromatic N) is 1. The Morgan fingerprint density at radius 3 is 2.39 bits per heavy atom. The van der Waals surface area contributed by atoms with Crippen LogP contribution in [0.15, 0.2) is 0 Å². The molecule has 0 spiro atoms. The molecule has 1 atom stereocenters. The number of sulfone groups is 1. The maximum absolute atomic E-state index is 12.2. The highest BCUT2D eigenvalue weighted by atomic mass is 32.2. The van der Waals surface area contributed by atoms with Gasteiger partial charge < -0.3 is 10.2 Å². The van der Waals surface area contributed by atoms with Crippen LogP contribution in [0.4, 0.5) is 0 Å². The summed E-state index contributed by atoms with van der Waals surface area (Å²) in [7, 11) is -1.02. The lowest BCUT2D eigenvalue weighted by Gasteiger charge is -2.40. The predicted molar refractivity (Wildman–Crippen MR) is 70.0 cm³/mol. The topological polar surface area (TPSA) is 66.5 Å². The first-order valence-electron chi connectivity index (χ1n) is 6.53. The Labute approximate surface area is 109 Å². The molecule has 2 aliphatic heterocycles. The zero-order valence-electron chi connectivity index (χ0n) is 11.1. The molecule has 0 saturated carbocycles. The standard InChI is InChI=1S/C12H22N2O3S/c1-12(13-2)4-6-14(7-5-12)11(15)10-3-8-18(16,17)9-10/h10,13H,3-9H2,1-2H3. The summed E-state index contributed by atoms with van der Waals surface area (Å²) >= 11 is 0. The van der Waals surface area contributed by atoms with Gasteiger partial charge in [-0.25, -0.2) is 8.42 Å². The Morgan fingerprint density at radius 2 is 1.94 bits per heavy atom. The fraction of sp³-hybridized carbons (Fsp3) is 0.917. The van der Waals surface area contributed by atoms with Gasteiger partial charge in [0, 0.05) is 18.6 Å². The molecule has 0 aromatic rings. The minimum atomic E-state index is -2.97. The molecular weight excluding hydrogens is 252 g/mol. The number of piperidine rings is 1. The first kappa shape index (κ1) is 13.8. The minimum Gasteiger partial charge on any atom is -0.342 e. The zero-order chi connectivity index (χ0) is 13.4. The fourth-order valence-electron chi connectivity index (χ4n) is 2.72. The van der Waals surface area contributed by atoms with Gasteiger partial charge in [0.1, 0.15) is 0 Å². The molecule has 1 amide bonds. The molecular formula is C12H22N2O3S. The van der Waals surface area contributed by atoms with Gasteiger partial charge in [-0.15, -0.1) is 0 Å². The molecule has 0 aromatic carbocycles. The number of amides is 1. The highest BCUT2D eigenvalue weighted by Crippen LogP contribution is 2.25. The Kier molecular flexibility index (Phi) is 3.69. The SMILES string of the molecule is CNC1(C)CCN(C(=O)C2CCS(=O)(=O)C2)CC1. The smallest absolute Gasteiger partial charge is 0.226 e. The maximum Gasteiger partial charge on any atom is 0.226 e. The first-order chi connectivity index (χ1) is 8.35. The number of rotatable bonds is 2. The van der Waals surface area contributed by atoms with Crippen LogP contribution < -0.4 is 5.32 Å². The molecule has 1 N–H and O–H groups in total. The van der Waals surface area contributed by atoms with E-state index < -0.39 is 9.84 Å². The van der Waals surface area contributed by atoms with Crippen LogP contribution in [-0.4, -0.2) is 56.4 Å². The van der Waals surface area contributed by atoms with Crippen LogP contribution in [-0.2, 0) is 14.6 Å². The average molecular weight is 274 g/mol. The molecule has 104 valence electrons. The van der Waals surface area contributed by atoms with Crippen molar-refractivity contribution in [1.29, 1.82) is 0 Å². The van der Waals surface area contributed by atoms with E-state index in [9.17, 15) is 13.2 Å². The number of likely N-dealkylation sites (tertiary alicyclic amines) is 1. The van der Waals surface area contributed by atoms with E-state index in [2.05, 4.69) is 12.2 Å². The molecule has 2 saturated heterocycles. The van der Waals surface area contributed by atoms with E-state index in [-0.39, 0.29) is 28.9 Å². The molecule has 2 fully saturated rings. The Hall–Kier alpha value is -0.620. The van der Waals surface area contributed by atoms with E-state index in [0.29, 0.717) is 6.42 Å². The van der Waals surface area contributed by atoms with Crippen molar-refractivity contribution in [3.63, 3.8) is 0 Å². The Morgan fingerprint density at radius 1 is 1.33 bits per heavy atom. The van der Waals surface area contributed by atoms with Crippen LogP contribution in [0.25, 0.3) is 0 Å². The van der Waals surface area contributed by atoms with Gasteiger partial charge in [-0.05, 0) is 33.2 Å². The minimum absolute atomic E-state index is 0.0363. The fourth-order valence-corrected chi connectivity index (χ4v) is 4.45.